The van der Waals surface area contributed by atoms with Crippen molar-refractivity contribution in [3.63, 3.8) is 0 Å². The highest BCUT2D eigenvalue weighted by Gasteiger charge is 2.16. The molecule has 0 saturated heterocycles. The molecule has 21 heavy (non-hydrogen) atoms. The second-order valence-electron chi connectivity index (χ2n) is 4.54. The highest BCUT2D eigenvalue weighted by atomic mass is 35.5. The lowest BCUT2D eigenvalue weighted by Crippen LogP contribution is -2.02. The summed E-state index contributed by atoms with van der Waals surface area (Å²) in [6.45, 7) is 0. The van der Waals surface area contributed by atoms with E-state index in [1.807, 2.05) is 41.0 Å². The zero-order valence-corrected chi connectivity index (χ0v) is 12.6. The van der Waals surface area contributed by atoms with Gasteiger partial charge in [0, 0.05) is 12.3 Å². The number of nitrogens with zero attached hydrogens (tertiary/aromatic N) is 3. The summed E-state index contributed by atoms with van der Waals surface area (Å²) in [7, 11) is 0. The Bertz CT molecular complexity index is 846. The largest absolute Gasteiger partial charge is 0.295 e. The maximum atomic E-state index is 9.24. The lowest BCUT2D eigenvalue weighted by Gasteiger charge is -2.10. The molecule has 0 radical (unpaired) electrons. The Morgan fingerprint density at radius 3 is 2.67 bits per heavy atom. The van der Waals surface area contributed by atoms with Gasteiger partial charge in [0.2, 0.25) is 0 Å². The first kappa shape index (κ1) is 13.9. The third-order valence-electron chi connectivity index (χ3n) is 3.29. The highest BCUT2D eigenvalue weighted by Crippen LogP contribution is 2.28. The van der Waals surface area contributed by atoms with E-state index in [-0.39, 0.29) is 0 Å². The molecule has 0 aliphatic heterocycles. The molecule has 2 aromatic carbocycles. The number of aromatic nitrogens is 2. The summed E-state index contributed by atoms with van der Waals surface area (Å²) >= 11 is 12.2. The fourth-order valence-corrected chi connectivity index (χ4v) is 2.78. The van der Waals surface area contributed by atoms with E-state index in [4.69, 9.17) is 23.2 Å². The van der Waals surface area contributed by atoms with Gasteiger partial charge in [-0.1, -0.05) is 29.8 Å². The first-order valence-corrected chi connectivity index (χ1v) is 7.39. The van der Waals surface area contributed by atoms with Crippen LogP contribution in [0.1, 0.15) is 11.4 Å². The molecular weight excluding hydrogens is 305 g/mol. The predicted octanol–water partition coefficient (Wildman–Crippen LogP) is 4.33. The molecule has 1 aromatic heterocycles. The number of rotatable bonds is 3. The zero-order valence-electron chi connectivity index (χ0n) is 11.1. The number of hydrogen-bond donors (Lipinski definition) is 0. The molecule has 0 fully saturated rings. The average Bonchev–Trinajstić information content (AvgIpc) is 2.86. The van der Waals surface area contributed by atoms with Crippen molar-refractivity contribution in [2.45, 2.75) is 6.42 Å². The average molecular weight is 316 g/mol. The molecule has 3 aromatic rings. The van der Waals surface area contributed by atoms with Crippen molar-refractivity contribution in [3.8, 4) is 11.8 Å². The van der Waals surface area contributed by atoms with Gasteiger partial charge in [-0.25, -0.2) is 4.98 Å². The third-order valence-corrected chi connectivity index (χ3v) is 3.80. The molecule has 0 bridgehead atoms. The number of halogens is 2. The van der Waals surface area contributed by atoms with Crippen molar-refractivity contribution >= 4 is 34.2 Å². The maximum absolute atomic E-state index is 9.24. The van der Waals surface area contributed by atoms with Crippen LogP contribution in [0, 0.1) is 11.3 Å². The molecule has 0 aliphatic rings. The summed E-state index contributed by atoms with van der Waals surface area (Å²) in [5, 5.41) is 9.87. The van der Waals surface area contributed by atoms with E-state index in [0.29, 0.717) is 28.4 Å². The van der Waals surface area contributed by atoms with Gasteiger partial charge in [0.15, 0.2) is 0 Å². The van der Waals surface area contributed by atoms with Gasteiger partial charge in [0.1, 0.15) is 17.4 Å². The topological polar surface area (TPSA) is 41.6 Å². The van der Waals surface area contributed by atoms with Crippen LogP contribution in [-0.4, -0.2) is 15.4 Å². The number of alkyl halides is 1. The van der Waals surface area contributed by atoms with E-state index < -0.39 is 0 Å². The molecule has 1 heterocycles. The maximum Gasteiger partial charge on any atom is 0.115 e. The van der Waals surface area contributed by atoms with Crippen LogP contribution in [0.3, 0.4) is 0 Å². The van der Waals surface area contributed by atoms with Gasteiger partial charge >= 0.3 is 0 Å². The molecular formula is C16H11Cl2N3. The second kappa shape index (κ2) is 5.77. The summed E-state index contributed by atoms with van der Waals surface area (Å²) in [5.41, 5.74) is 2.94. The minimum Gasteiger partial charge on any atom is -0.295 e. The Balaban J connectivity index is 2.37. The minimum absolute atomic E-state index is 0.454. The van der Waals surface area contributed by atoms with Gasteiger partial charge in [-0.15, -0.1) is 11.6 Å². The van der Waals surface area contributed by atoms with Gasteiger partial charge in [0.05, 0.1) is 21.8 Å². The lowest BCUT2D eigenvalue weighted by molar-refractivity contribution is 0.912. The van der Waals surface area contributed by atoms with Gasteiger partial charge in [-0.2, -0.15) is 5.26 Å². The Hall–Kier alpha value is -2.02. The molecule has 3 nitrogen and oxygen atoms in total. The molecule has 0 unspecified atom stereocenters. The number of nitriles is 1. The van der Waals surface area contributed by atoms with E-state index >= 15 is 0 Å². The van der Waals surface area contributed by atoms with E-state index in [0.717, 1.165) is 17.0 Å². The summed E-state index contributed by atoms with van der Waals surface area (Å²) in [6, 6.07) is 15.3. The van der Waals surface area contributed by atoms with E-state index in [9.17, 15) is 5.26 Å². The predicted molar refractivity (Wildman–Crippen MR) is 85.2 cm³/mol. The molecule has 3 rings (SSSR count). The smallest absolute Gasteiger partial charge is 0.115 e. The monoisotopic (exact) mass is 315 g/mol. The number of benzene rings is 2. The fourth-order valence-electron chi connectivity index (χ4n) is 2.39. The number of aryl methyl sites for hydroxylation is 1. The van der Waals surface area contributed by atoms with Crippen molar-refractivity contribution in [3.05, 3.63) is 58.9 Å². The fraction of sp³-hybridized carbons (Fsp3) is 0.125. The van der Waals surface area contributed by atoms with Crippen LogP contribution in [0.15, 0.2) is 42.5 Å². The SMILES string of the molecule is N#Cc1cccc2c1nc(CCCl)n2-c1ccccc1Cl. The van der Waals surface area contributed by atoms with E-state index in [1.54, 1.807) is 6.07 Å². The molecule has 0 spiro atoms. The normalized spacial score (nSPS) is 10.7. The summed E-state index contributed by atoms with van der Waals surface area (Å²) in [6.07, 6.45) is 0.603. The Morgan fingerprint density at radius 2 is 1.95 bits per heavy atom. The van der Waals surface area contributed by atoms with Crippen LogP contribution in [0.5, 0.6) is 0 Å². The Morgan fingerprint density at radius 1 is 1.14 bits per heavy atom. The zero-order chi connectivity index (χ0) is 14.8. The van der Waals surface area contributed by atoms with Crippen LogP contribution >= 0.6 is 23.2 Å². The first-order chi connectivity index (χ1) is 10.3. The second-order valence-corrected chi connectivity index (χ2v) is 5.32. The molecule has 104 valence electrons. The summed E-state index contributed by atoms with van der Waals surface area (Å²) in [5.74, 6) is 1.26. The Kier molecular flexibility index (Phi) is 3.83. The summed E-state index contributed by atoms with van der Waals surface area (Å²) < 4.78 is 1.97. The van der Waals surface area contributed by atoms with Gasteiger partial charge < -0.3 is 0 Å². The van der Waals surface area contributed by atoms with Crippen molar-refractivity contribution in [2.75, 3.05) is 5.88 Å². The number of fused-ring (bicyclic) bond motifs is 1. The quantitative estimate of drug-likeness (QED) is 0.675. The van der Waals surface area contributed by atoms with Gasteiger partial charge in [-0.05, 0) is 24.3 Å². The number of imidazole rings is 1. The van der Waals surface area contributed by atoms with Crippen LogP contribution < -0.4 is 0 Å². The molecule has 0 N–H and O–H groups in total. The van der Waals surface area contributed by atoms with Gasteiger partial charge in [-0.3, -0.25) is 4.57 Å². The molecule has 0 atom stereocenters. The standard InChI is InChI=1S/C16H11Cl2N3/c17-9-8-15-20-16-11(10-19)4-3-7-14(16)21(15)13-6-2-1-5-12(13)18/h1-7H,8-9H2. The number of hydrogen-bond acceptors (Lipinski definition) is 2. The summed E-state index contributed by atoms with van der Waals surface area (Å²) in [4.78, 5) is 4.59. The molecule has 0 aliphatic carbocycles. The molecule has 0 amide bonds. The van der Waals surface area contributed by atoms with Crippen LogP contribution in [-0.2, 0) is 6.42 Å². The van der Waals surface area contributed by atoms with E-state index in [1.165, 1.54) is 0 Å². The lowest BCUT2D eigenvalue weighted by atomic mass is 10.2. The van der Waals surface area contributed by atoms with Crippen LogP contribution in [0.25, 0.3) is 16.7 Å². The van der Waals surface area contributed by atoms with E-state index in [2.05, 4.69) is 11.1 Å². The molecule has 0 saturated carbocycles. The van der Waals surface area contributed by atoms with Crippen molar-refractivity contribution in [2.24, 2.45) is 0 Å². The first-order valence-electron chi connectivity index (χ1n) is 6.47. The van der Waals surface area contributed by atoms with Crippen molar-refractivity contribution < 1.29 is 0 Å². The van der Waals surface area contributed by atoms with Gasteiger partial charge in [0.25, 0.3) is 0 Å². The third kappa shape index (κ3) is 2.37. The van der Waals surface area contributed by atoms with Crippen molar-refractivity contribution in [1.82, 2.24) is 9.55 Å². The van der Waals surface area contributed by atoms with Crippen molar-refractivity contribution in [1.29, 1.82) is 5.26 Å². The highest BCUT2D eigenvalue weighted by molar-refractivity contribution is 6.32. The van der Waals surface area contributed by atoms with Crippen LogP contribution in [0.4, 0.5) is 0 Å². The minimum atomic E-state index is 0.454. The Labute approximate surface area is 132 Å². The number of para-hydroxylation sites is 2. The van der Waals surface area contributed by atoms with Crippen LogP contribution in [0.2, 0.25) is 5.02 Å². The molecule has 5 heteroatoms.